The van der Waals surface area contributed by atoms with Gasteiger partial charge in [-0.25, -0.2) is 4.98 Å². The predicted octanol–water partition coefficient (Wildman–Crippen LogP) is 1.57. The summed E-state index contributed by atoms with van der Waals surface area (Å²) in [7, 11) is 0. The molecule has 0 aliphatic carbocycles. The minimum absolute atomic E-state index is 0.294. The molecule has 0 atom stereocenters. The largest absolute Gasteiger partial charge is 0.396 e. The molecule has 0 saturated heterocycles. The molecule has 0 saturated carbocycles. The Hall–Kier alpha value is -0.450. The van der Waals surface area contributed by atoms with Crippen LogP contribution in [-0.4, -0.2) is 23.2 Å². The third-order valence-corrected chi connectivity index (χ3v) is 3.11. The van der Waals surface area contributed by atoms with Gasteiger partial charge in [0.2, 0.25) is 0 Å². The number of aryl methyl sites for hydroxylation is 1. The maximum absolute atomic E-state index is 8.58. The van der Waals surface area contributed by atoms with Crippen molar-refractivity contribution in [3.8, 4) is 0 Å². The van der Waals surface area contributed by atoms with E-state index in [4.69, 9.17) is 5.11 Å². The summed E-state index contributed by atoms with van der Waals surface area (Å²) in [5, 5.41) is 13.1. The second kappa shape index (κ2) is 6.92. The Kier molecular flexibility index (Phi) is 5.75. The van der Waals surface area contributed by atoms with E-state index >= 15 is 0 Å². The van der Waals surface area contributed by atoms with E-state index in [-0.39, 0.29) is 0 Å². The third-order valence-electron chi connectivity index (χ3n) is 1.96. The first-order chi connectivity index (χ1) is 6.86. The van der Waals surface area contributed by atoms with E-state index in [1.54, 1.807) is 11.3 Å². The highest BCUT2D eigenvalue weighted by Crippen LogP contribution is 2.12. The first-order valence-electron chi connectivity index (χ1n) is 5.12. The molecule has 1 aromatic rings. The van der Waals surface area contributed by atoms with Gasteiger partial charge in [-0.05, 0) is 25.8 Å². The van der Waals surface area contributed by atoms with Crippen LogP contribution in [0.3, 0.4) is 0 Å². The maximum Gasteiger partial charge on any atom is 0.0925 e. The minimum Gasteiger partial charge on any atom is -0.396 e. The average Bonchev–Trinajstić information content (AvgIpc) is 2.65. The molecule has 80 valence electrons. The number of thiazole rings is 1. The molecule has 0 radical (unpaired) electrons. The molecule has 1 aromatic heterocycles. The van der Waals surface area contributed by atoms with E-state index in [9.17, 15) is 0 Å². The second-order valence-electron chi connectivity index (χ2n) is 3.18. The van der Waals surface area contributed by atoms with Crippen molar-refractivity contribution in [3.05, 3.63) is 16.1 Å². The van der Waals surface area contributed by atoms with Crippen LogP contribution in [0.4, 0.5) is 0 Å². The van der Waals surface area contributed by atoms with Gasteiger partial charge in [0.15, 0.2) is 0 Å². The van der Waals surface area contributed by atoms with Crippen molar-refractivity contribution in [2.45, 2.75) is 32.7 Å². The van der Waals surface area contributed by atoms with E-state index in [1.165, 1.54) is 9.88 Å². The molecule has 0 unspecified atom stereocenters. The summed E-state index contributed by atoms with van der Waals surface area (Å²) in [5.74, 6) is 0. The van der Waals surface area contributed by atoms with Crippen LogP contribution in [0, 0.1) is 0 Å². The van der Waals surface area contributed by atoms with Gasteiger partial charge in [-0.3, -0.25) is 0 Å². The highest BCUT2D eigenvalue weighted by Gasteiger charge is 1.98. The van der Waals surface area contributed by atoms with E-state index < -0.39 is 0 Å². The Bertz CT molecular complexity index is 250. The smallest absolute Gasteiger partial charge is 0.0925 e. The lowest BCUT2D eigenvalue weighted by molar-refractivity contribution is 0.283. The minimum atomic E-state index is 0.294. The van der Waals surface area contributed by atoms with Crippen LogP contribution in [0.15, 0.2) is 6.20 Å². The molecule has 0 aromatic carbocycles. The number of hydrogen-bond donors (Lipinski definition) is 2. The summed E-state index contributed by atoms with van der Waals surface area (Å²) in [6.45, 7) is 4.29. The fourth-order valence-electron chi connectivity index (χ4n) is 1.17. The van der Waals surface area contributed by atoms with Gasteiger partial charge >= 0.3 is 0 Å². The number of hydrogen-bond acceptors (Lipinski definition) is 4. The molecule has 0 aliphatic heterocycles. The Morgan fingerprint density at radius 3 is 3.00 bits per heavy atom. The second-order valence-corrected chi connectivity index (χ2v) is 4.38. The number of nitrogens with zero attached hydrogens (tertiary/aromatic N) is 1. The van der Waals surface area contributed by atoms with Crippen molar-refractivity contribution in [2.24, 2.45) is 0 Å². The van der Waals surface area contributed by atoms with E-state index in [1.807, 2.05) is 6.20 Å². The van der Waals surface area contributed by atoms with Crippen molar-refractivity contribution in [1.29, 1.82) is 0 Å². The zero-order chi connectivity index (χ0) is 10.2. The molecule has 0 fully saturated rings. The average molecular weight is 214 g/mol. The summed E-state index contributed by atoms with van der Waals surface area (Å²) in [4.78, 5) is 5.59. The molecule has 2 N–H and O–H groups in total. The van der Waals surface area contributed by atoms with Crippen LogP contribution in [0.25, 0.3) is 0 Å². The molecule has 14 heavy (non-hydrogen) atoms. The van der Waals surface area contributed by atoms with Gasteiger partial charge in [0.25, 0.3) is 0 Å². The monoisotopic (exact) mass is 214 g/mol. The molecular weight excluding hydrogens is 196 g/mol. The number of unbranched alkanes of at least 4 members (excludes halogenated alkanes) is 1. The molecule has 1 heterocycles. The van der Waals surface area contributed by atoms with Gasteiger partial charge in [-0.1, -0.05) is 6.92 Å². The fraction of sp³-hybridized carbons (Fsp3) is 0.700. The van der Waals surface area contributed by atoms with Crippen LogP contribution in [0.5, 0.6) is 0 Å². The van der Waals surface area contributed by atoms with Crippen LogP contribution >= 0.6 is 11.3 Å². The molecule has 0 amide bonds. The summed E-state index contributed by atoms with van der Waals surface area (Å²) < 4.78 is 0. The van der Waals surface area contributed by atoms with Gasteiger partial charge in [0.05, 0.1) is 5.01 Å². The van der Waals surface area contributed by atoms with E-state index in [2.05, 4.69) is 17.2 Å². The number of rotatable bonds is 7. The number of aromatic nitrogens is 1. The van der Waals surface area contributed by atoms with Crippen LogP contribution < -0.4 is 5.32 Å². The van der Waals surface area contributed by atoms with Crippen molar-refractivity contribution in [2.75, 3.05) is 13.2 Å². The molecule has 1 rings (SSSR count). The zero-order valence-electron chi connectivity index (χ0n) is 8.62. The van der Waals surface area contributed by atoms with Gasteiger partial charge < -0.3 is 10.4 Å². The highest BCUT2D eigenvalue weighted by molar-refractivity contribution is 7.11. The lowest BCUT2D eigenvalue weighted by Gasteiger charge is -2.00. The Labute approximate surface area is 89.2 Å². The van der Waals surface area contributed by atoms with E-state index in [0.29, 0.717) is 6.61 Å². The Morgan fingerprint density at radius 1 is 1.50 bits per heavy atom. The first kappa shape index (κ1) is 11.6. The Balaban J connectivity index is 2.12. The Morgan fingerprint density at radius 2 is 2.36 bits per heavy atom. The number of aliphatic hydroxyl groups excluding tert-OH is 1. The molecular formula is C10H18N2OS. The third kappa shape index (κ3) is 4.17. The van der Waals surface area contributed by atoms with Gasteiger partial charge in [0, 0.05) is 24.2 Å². The van der Waals surface area contributed by atoms with Crippen LogP contribution in [-0.2, 0) is 13.0 Å². The molecule has 0 spiro atoms. The topological polar surface area (TPSA) is 45.2 Å². The molecule has 0 aliphatic rings. The van der Waals surface area contributed by atoms with Gasteiger partial charge in [-0.15, -0.1) is 11.3 Å². The summed E-state index contributed by atoms with van der Waals surface area (Å²) >= 11 is 1.77. The molecule has 0 bridgehead atoms. The standard InChI is InChI=1S/C10H18N2OS/c1-2-10-12-8-9(14-10)7-11-5-3-4-6-13/h8,11,13H,2-7H2,1H3. The van der Waals surface area contributed by atoms with Crippen molar-refractivity contribution in [1.82, 2.24) is 10.3 Å². The molecule has 3 nitrogen and oxygen atoms in total. The predicted molar refractivity (Wildman–Crippen MR) is 59.5 cm³/mol. The first-order valence-corrected chi connectivity index (χ1v) is 5.93. The van der Waals surface area contributed by atoms with Gasteiger partial charge in [-0.2, -0.15) is 0 Å². The van der Waals surface area contributed by atoms with Crippen molar-refractivity contribution >= 4 is 11.3 Å². The summed E-state index contributed by atoms with van der Waals surface area (Å²) in [6.07, 6.45) is 4.89. The lowest BCUT2D eigenvalue weighted by Crippen LogP contribution is -2.14. The lowest BCUT2D eigenvalue weighted by atomic mass is 10.3. The van der Waals surface area contributed by atoms with E-state index in [0.717, 1.165) is 32.4 Å². The zero-order valence-corrected chi connectivity index (χ0v) is 9.44. The number of aliphatic hydroxyl groups is 1. The van der Waals surface area contributed by atoms with Crippen molar-refractivity contribution in [3.63, 3.8) is 0 Å². The SMILES string of the molecule is CCc1ncc(CNCCCCO)s1. The van der Waals surface area contributed by atoms with Gasteiger partial charge in [0.1, 0.15) is 0 Å². The molecule has 4 heteroatoms. The quantitative estimate of drug-likeness (QED) is 0.677. The summed E-state index contributed by atoms with van der Waals surface area (Å²) in [6, 6.07) is 0. The normalized spacial score (nSPS) is 10.7. The van der Waals surface area contributed by atoms with Crippen LogP contribution in [0.1, 0.15) is 29.7 Å². The summed E-state index contributed by atoms with van der Waals surface area (Å²) in [5.41, 5.74) is 0. The van der Waals surface area contributed by atoms with Crippen LogP contribution in [0.2, 0.25) is 0 Å². The highest BCUT2D eigenvalue weighted by atomic mass is 32.1. The van der Waals surface area contributed by atoms with Crippen molar-refractivity contribution < 1.29 is 5.11 Å². The maximum atomic E-state index is 8.58. The number of nitrogens with one attached hydrogen (secondary N) is 1. The fourth-order valence-corrected chi connectivity index (χ4v) is 2.00.